The molecule has 0 aliphatic carbocycles. The lowest BCUT2D eigenvalue weighted by molar-refractivity contribution is 0.0947. The van der Waals surface area contributed by atoms with Gasteiger partial charge in [-0.05, 0) is 42.3 Å². The number of rotatable bonds is 7. The summed E-state index contributed by atoms with van der Waals surface area (Å²) < 4.78 is 19.4. The molecule has 2 aromatic carbocycles. The number of pyridine rings is 1. The Kier molecular flexibility index (Phi) is 7.44. The zero-order chi connectivity index (χ0) is 22.4. The topological polar surface area (TPSA) is 80.3 Å². The first-order chi connectivity index (χ1) is 14.9. The van der Waals surface area contributed by atoms with E-state index in [9.17, 15) is 14.0 Å². The molecule has 0 spiro atoms. The second kappa shape index (κ2) is 10.2. The van der Waals surface area contributed by atoms with E-state index in [-0.39, 0.29) is 27.2 Å². The summed E-state index contributed by atoms with van der Waals surface area (Å²) in [6.45, 7) is 0.305. The van der Waals surface area contributed by atoms with E-state index < -0.39 is 11.7 Å². The lowest BCUT2D eigenvalue weighted by Gasteiger charge is -2.10. The van der Waals surface area contributed by atoms with Crippen LogP contribution in [0.15, 0.2) is 54.7 Å². The van der Waals surface area contributed by atoms with Crippen molar-refractivity contribution in [2.24, 2.45) is 0 Å². The highest BCUT2D eigenvalue weighted by molar-refractivity contribution is 6.36. The van der Waals surface area contributed by atoms with Gasteiger partial charge in [-0.25, -0.2) is 4.39 Å². The molecule has 0 aliphatic rings. The molecule has 0 fully saturated rings. The fourth-order valence-electron chi connectivity index (χ4n) is 2.74. The van der Waals surface area contributed by atoms with E-state index in [1.165, 1.54) is 19.3 Å². The third-order valence-electron chi connectivity index (χ3n) is 4.28. The zero-order valence-corrected chi connectivity index (χ0v) is 17.9. The quantitative estimate of drug-likeness (QED) is 0.501. The second-order valence-electron chi connectivity index (χ2n) is 6.46. The zero-order valence-electron chi connectivity index (χ0n) is 16.4. The molecule has 2 amide bonds. The number of nitrogens with zero attached hydrogens (tertiary/aromatic N) is 1. The predicted molar refractivity (Wildman–Crippen MR) is 117 cm³/mol. The molecule has 0 saturated heterocycles. The third kappa shape index (κ3) is 5.93. The Morgan fingerprint density at radius 3 is 2.58 bits per heavy atom. The summed E-state index contributed by atoms with van der Waals surface area (Å²) in [7, 11) is 1.52. The van der Waals surface area contributed by atoms with Gasteiger partial charge in [-0.3, -0.25) is 14.6 Å². The van der Waals surface area contributed by atoms with Crippen LogP contribution in [0.2, 0.25) is 10.0 Å². The molecule has 31 heavy (non-hydrogen) atoms. The Morgan fingerprint density at radius 1 is 1.03 bits per heavy atom. The van der Waals surface area contributed by atoms with Gasteiger partial charge in [0.05, 0.1) is 15.6 Å². The van der Waals surface area contributed by atoms with Crippen LogP contribution in [0.25, 0.3) is 0 Å². The standard InChI is InChI=1S/C22H18Cl2FN3O3/c1-26-22(30)20-10-15(6-8-27-20)31-14-4-2-3-13(9-14)5-7-28-21(29)16-11-19(25)18(24)12-17(16)23/h2-4,6,8-12H,5,7H2,1H3,(H,26,30)(H,28,29). The number of hydrogen-bond donors (Lipinski definition) is 2. The van der Waals surface area contributed by atoms with Gasteiger partial charge in [0, 0.05) is 25.9 Å². The lowest BCUT2D eigenvalue weighted by atomic mass is 10.1. The Bertz CT molecular complexity index is 1120. The summed E-state index contributed by atoms with van der Waals surface area (Å²) in [5.74, 6) is -0.474. The highest BCUT2D eigenvalue weighted by atomic mass is 35.5. The maximum Gasteiger partial charge on any atom is 0.269 e. The molecule has 0 saturated carbocycles. The Labute approximate surface area is 188 Å². The molecule has 1 aromatic heterocycles. The lowest BCUT2D eigenvalue weighted by Crippen LogP contribution is -2.26. The maximum atomic E-state index is 13.6. The number of hydrogen-bond acceptors (Lipinski definition) is 4. The average molecular weight is 462 g/mol. The minimum absolute atomic E-state index is 0.0188. The Hall–Kier alpha value is -3.16. The van der Waals surface area contributed by atoms with Gasteiger partial charge in [0.25, 0.3) is 11.8 Å². The first-order valence-corrected chi connectivity index (χ1v) is 10.0. The number of carbonyl (C=O) groups excluding carboxylic acids is 2. The summed E-state index contributed by atoms with van der Waals surface area (Å²) in [5.41, 5.74) is 1.17. The monoisotopic (exact) mass is 461 g/mol. The van der Waals surface area contributed by atoms with Crippen LogP contribution >= 0.6 is 23.2 Å². The number of halogens is 3. The largest absolute Gasteiger partial charge is 0.457 e. The molecule has 0 unspecified atom stereocenters. The van der Waals surface area contributed by atoms with Crippen molar-refractivity contribution in [3.63, 3.8) is 0 Å². The normalized spacial score (nSPS) is 10.5. The van der Waals surface area contributed by atoms with Crippen molar-refractivity contribution in [3.05, 3.63) is 87.4 Å². The molecule has 6 nitrogen and oxygen atoms in total. The minimum Gasteiger partial charge on any atom is -0.457 e. The van der Waals surface area contributed by atoms with Crippen LogP contribution in [-0.4, -0.2) is 30.4 Å². The summed E-state index contributed by atoms with van der Waals surface area (Å²) >= 11 is 11.6. The number of aromatic nitrogens is 1. The molecule has 0 bridgehead atoms. The molecular formula is C22H18Cl2FN3O3. The molecule has 9 heteroatoms. The fraction of sp³-hybridized carbons (Fsp3) is 0.136. The van der Waals surface area contributed by atoms with Crippen LogP contribution in [0.4, 0.5) is 4.39 Å². The van der Waals surface area contributed by atoms with Crippen molar-refractivity contribution < 1.29 is 18.7 Å². The Morgan fingerprint density at radius 2 is 1.81 bits per heavy atom. The summed E-state index contributed by atoms with van der Waals surface area (Å²) in [6, 6.07) is 12.7. The van der Waals surface area contributed by atoms with Gasteiger partial charge in [-0.2, -0.15) is 0 Å². The van der Waals surface area contributed by atoms with E-state index in [0.717, 1.165) is 11.6 Å². The predicted octanol–water partition coefficient (Wildman–Crippen LogP) is 4.65. The molecule has 1 heterocycles. The molecule has 3 aromatic rings. The van der Waals surface area contributed by atoms with E-state index in [1.807, 2.05) is 18.2 Å². The molecule has 0 radical (unpaired) electrons. The number of amides is 2. The molecular weight excluding hydrogens is 444 g/mol. The van der Waals surface area contributed by atoms with Crippen LogP contribution in [0.5, 0.6) is 11.5 Å². The first-order valence-electron chi connectivity index (χ1n) is 9.25. The van der Waals surface area contributed by atoms with Gasteiger partial charge in [0.15, 0.2) is 0 Å². The fourth-order valence-corrected chi connectivity index (χ4v) is 3.21. The first kappa shape index (κ1) is 22.5. The molecule has 160 valence electrons. The Balaban J connectivity index is 1.61. The second-order valence-corrected chi connectivity index (χ2v) is 7.27. The van der Waals surface area contributed by atoms with Crippen LogP contribution < -0.4 is 15.4 Å². The van der Waals surface area contributed by atoms with Gasteiger partial charge in [0.1, 0.15) is 23.0 Å². The number of ether oxygens (including phenoxy) is 1. The van der Waals surface area contributed by atoms with E-state index in [0.29, 0.717) is 24.5 Å². The van der Waals surface area contributed by atoms with Crippen molar-refractivity contribution in [1.29, 1.82) is 0 Å². The van der Waals surface area contributed by atoms with Gasteiger partial charge in [-0.15, -0.1) is 0 Å². The molecule has 3 rings (SSSR count). The van der Waals surface area contributed by atoms with Crippen molar-refractivity contribution in [3.8, 4) is 11.5 Å². The maximum absolute atomic E-state index is 13.6. The summed E-state index contributed by atoms with van der Waals surface area (Å²) in [5, 5.41) is 5.14. The number of benzene rings is 2. The van der Waals surface area contributed by atoms with Crippen LogP contribution in [0, 0.1) is 5.82 Å². The summed E-state index contributed by atoms with van der Waals surface area (Å²) in [6.07, 6.45) is 2.00. The van der Waals surface area contributed by atoms with Crippen molar-refractivity contribution in [2.75, 3.05) is 13.6 Å². The third-order valence-corrected chi connectivity index (χ3v) is 4.88. The minimum atomic E-state index is -0.711. The SMILES string of the molecule is CNC(=O)c1cc(Oc2cccc(CCNC(=O)c3cc(F)c(Cl)cc3Cl)c2)ccn1. The highest BCUT2D eigenvalue weighted by Crippen LogP contribution is 2.25. The van der Waals surface area contributed by atoms with Gasteiger partial charge in [0.2, 0.25) is 0 Å². The van der Waals surface area contributed by atoms with Crippen molar-refractivity contribution in [1.82, 2.24) is 15.6 Å². The highest BCUT2D eigenvalue weighted by Gasteiger charge is 2.14. The molecule has 2 N–H and O–H groups in total. The molecule has 0 aliphatic heterocycles. The average Bonchev–Trinajstić information content (AvgIpc) is 2.76. The van der Waals surface area contributed by atoms with Gasteiger partial charge < -0.3 is 15.4 Å². The number of carbonyl (C=O) groups is 2. The van der Waals surface area contributed by atoms with Crippen molar-refractivity contribution in [2.45, 2.75) is 6.42 Å². The van der Waals surface area contributed by atoms with Crippen LogP contribution in [-0.2, 0) is 6.42 Å². The van der Waals surface area contributed by atoms with Gasteiger partial charge in [-0.1, -0.05) is 35.3 Å². The van der Waals surface area contributed by atoms with E-state index in [1.54, 1.807) is 18.2 Å². The van der Waals surface area contributed by atoms with E-state index >= 15 is 0 Å². The summed E-state index contributed by atoms with van der Waals surface area (Å²) in [4.78, 5) is 28.0. The van der Waals surface area contributed by atoms with Crippen molar-refractivity contribution >= 4 is 35.0 Å². The van der Waals surface area contributed by atoms with Crippen LogP contribution in [0.3, 0.4) is 0 Å². The molecule has 0 atom stereocenters. The van der Waals surface area contributed by atoms with E-state index in [2.05, 4.69) is 15.6 Å². The number of nitrogens with one attached hydrogen (secondary N) is 2. The van der Waals surface area contributed by atoms with E-state index in [4.69, 9.17) is 27.9 Å². The van der Waals surface area contributed by atoms with Gasteiger partial charge >= 0.3 is 0 Å². The smallest absolute Gasteiger partial charge is 0.269 e. The van der Waals surface area contributed by atoms with Crippen LogP contribution in [0.1, 0.15) is 26.4 Å².